The highest BCUT2D eigenvalue weighted by Gasteiger charge is 2.15. The summed E-state index contributed by atoms with van der Waals surface area (Å²) in [5.41, 5.74) is 1.04. The standard InChI is InChI=1S/C19H22ClN5O2S/c20-16-11-17(25-6-2-1-3-7-25)23-18(22-16)24-19(28)21-12-13-4-5-14-15(10-13)27-9-8-26-14/h4-5,10-11H,1-3,6-9,12H2,(H2,21,22,23,24,28). The number of hydrogen-bond donors (Lipinski definition) is 2. The smallest absolute Gasteiger partial charge is 0.232 e. The van der Waals surface area contributed by atoms with Gasteiger partial charge in [-0.3, -0.25) is 0 Å². The summed E-state index contributed by atoms with van der Waals surface area (Å²) in [7, 11) is 0. The van der Waals surface area contributed by atoms with Crippen molar-refractivity contribution in [3.8, 4) is 11.5 Å². The summed E-state index contributed by atoms with van der Waals surface area (Å²) in [6.07, 6.45) is 3.59. The van der Waals surface area contributed by atoms with Gasteiger partial charge in [0.1, 0.15) is 24.2 Å². The Balaban J connectivity index is 1.36. The topological polar surface area (TPSA) is 71.5 Å². The number of nitrogens with zero attached hydrogens (tertiary/aromatic N) is 3. The number of hydrogen-bond acceptors (Lipinski definition) is 6. The highest BCUT2D eigenvalue weighted by atomic mass is 35.5. The second-order valence-corrected chi connectivity index (χ2v) is 7.50. The fraction of sp³-hybridized carbons (Fsp3) is 0.421. The highest BCUT2D eigenvalue weighted by Crippen LogP contribution is 2.30. The van der Waals surface area contributed by atoms with Crippen molar-refractivity contribution in [2.45, 2.75) is 25.8 Å². The van der Waals surface area contributed by atoms with Gasteiger partial charge in [0.05, 0.1) is 0 Å². The third-order valence-electron chi connectivity index (χ3n) is 4.65. The van der Waals surface area contributed by atoms with E-state index in [0.29, 0.717) is 36.0 Å². The van der Waals surface area contributed by atoms with Crippen molar-refractivity contribution in [1.82, 2.24) is 15.3 Å². The molecule has 0 unspecified atom stereocenters. The molecule has 9 heteroatoms. The van der Waals surface area contributed by atoms with E-state index in [9.17, 15) is 0 Å². The van der Waals surface area contributed by atoms with E-state index in [0.717, 1.165) is 36.0 Å². The minimum Gasteiger partial charge on any atom is -0.486 e. The van der Waals surface area contributed by atoms with Gasteiger partial charge >= 0.3 is 0 Å². The summed E-state index contributed by atoms with van der Waals surface area (Å²) in [4.78, 5) is 11.0. The first kappa shape index (κ1) is 19.0. The average molecular weight is 420 g/mol. The molecule has 3 heterocycles. The van der Waals surface area contributed by atoms with E-state index in [1.165, 1.54) is 19.3 Å². The Bertz CT molecular complexity index is 860. The van der Waals surface area contributed by atoms with Crippen LogP contribution in [-0.2, 0) is 6.54 Å². The van der Waals surface area contributed by atoms with E-state index in [1.807, 2.05) is 18.2 Å². The quantitative estimate of drug-likeness (QED) is 0.577. The maximum Gasteiger partial charge on any atom is 0.232 e. The van der Waals surface area contributed by atoms with E-state index in [1.54, 1.807) is 6.07 Å². The number of aromatic nitrogens is 2. The van der Waals surface area contributed by atoms with Crippen LogP contribution in [-0.4, -0.2) is 41.4 Å². The van der Waals surface area contributed by atoms with Crippen molar-refractivity contribution in [3.63, 3.8) is 0 Å². The minimum atomic E-state index is 0.396. The maximum absolute atomic E-state index is 6.19. The summed E-state index contributed by atoms with van der Waals surface area (Å²) >= 11 is 11.6. The summed E-state index contributed by atoms with van der Waals surface area (Å²) in [5.74, 6) is 2.76. The van der Waals surface area contributed by atoms with Crippen LogP contribution in [0.15, 0.2) is 24.3 Å². The first-order valence-corrected chi connectivity index (χ1v) is 10.2. The molecule has 0 amide bonds. The predicted molar refractivity (Wildman–Crippen MR) is 114 cm³/mol. The number of thiocarbonyl (C=S) groups is 1. The molecule has 0 radical (unpaired) electrons. The molecule has 2 aliphatic heterocycles. The van der Waals surface area contributed by atoms with Crippen LogP contribution in [0.4, 0.5) is 11.8 Å². The Morgan fingerprint density at radius 1 is 1.07 bits per heavy atom. The van der Waals surface area contributed by atoms with E-state index < -0.39 is 0 Å². The van der Waals surface area contributed by atoms with Crippen LogP contribution in [0, 0.1) is 0 Å². The third kappa shape index (κ3) is 4.74. The zero-order valence-electron chi connectivity index (χ0n) is 15.4. The average Bonchev–Trinajstić information content (AvgIpc) is 2.72. The lowest BCUT2D eigenvalue weighted by Gasteiger charge is -2.27. The molecule has 1 aromatic carbocycles. The van der Waals surface area contributed by atoms with Crippen molar-refractivity contribution < 1.29 is 9.47 Å². The summed E-state index contributed by atoms with van der Waals surface area (Å²) in [6, 6.07) is 7.64. The normalized spacial score (nSPS) is 15.8. The third-order valence-corrected chi connectivity index (χ3v) is 5.09. The first-order chi connectivity index (χ1) is 13.7. The Morgan fingerprint density at radius 3 is 2.68 bits per heavy atom. The Hall–Kier alpha value is -2.32. The highest BCUT2D eigenvalue weighted by molar-refractivity contribution is 7.80. The van der Waals surface area contributed by atoms with Gasteiger partial charge in [-0.1, -0.05) is 17.7 Å². The van der Waals surface area contributed by atoms with Crippen LogP contribution in [0.3, 0.4) is 0 Å². The molecule has 2 aliphatic rings. The van der Waals surface area contributed by atoms with Crippen LogP contribution in [0.25, 0.3) is 0 Å². The van der Waals surface area contributed by atoms with E-state index >= 15 is 0 Å². The number of nitrogens with one attached hydrogen (secondary N) is 2. The molecule has 28 heavy (non-hydrogen) atoms. The van der Waals surface area contributed by atoms with Gasteiger partial charge in [0.2, 0.25) is 5.95 Å². The van der Waals surface area contributed by atoms with Gasteiger partial charge in [0.25, 0.3) is 0 Å². The minimum absolute atomic E-state index is 0.396. The fourth-order valence-electron chi connectivity index (χ4n) is 3.27. The van der Waals surface area contributed by atoms with Crippen LogP contribution in [0.1, 0.15) is 24.8 Å². The van der Waals surface area contributed by atoms with Crippen LogP contribution in [0.5, 0.6) is 11.5 Å². The van der Waals surface area contributed by atoms with Crippen LogP contribution in [0.2, 0.25) is 5.15 Å². The molecule has 4 rings (SSSR count). The van der Waals surface area contributed by atoms with Crippen molar-refractivity contribution in [2.24, 2.45) is 0 Å². The number of anilines is 2. The zero-order valence-corrected chi connectivity index (χ0v) is 17.0. The van der Waals surface area contributed by atoms with Crippen molar-refractivity contribution in [3.05, 3.63) is 35.0 Å². The molecule has 1 fully saturated rings. The van der Waals surface area contributed by atoms with Gasteiger partial charge in [-0.25, -0.2) is 4.98 Å². The van der Waals surface area contributed by atoms with Gasteiger partial charge in [-0.15, -0.1) is 0 Å². The number of benzene rings is 1. The molecule has 1 saturated heterocycles. The van der Waals surface area contributed by atoms with Gasteiger partial charge in [0.15, 0.2) is 16.6 Å². The van der Waals surface area contributed by atoms with E-state index in [-0.39, 0.29) is 0 Å². The molecule has 0 atom stereocenters. The molecule has 7 nitrogen and oxygen atoms in total. The lowest BCUT2D eigenvalue weighted by Crippen LogP contribution is -2.31. The largest absolute Gasteiger partial charge is 0.486 e. The second kappa shape index (κ2) is 8.79. The number of ether oxygens (including phenoxy) is 2. The maximum atomic E-state index is 6.19. The monoisotopic (exact) mass is 419 g/mol. The fourth-order valence-corrected chi connectivity index (χ4v) is 3.61. The SMILES string of the molecule is S=C(NCc1ccc2c(c1)OCCO2)Nc1nc(Cl)cc(N2CCCCC2)n1. The Morgan fingerprint density at radius 2 is 1.86 bits per heavy atom. The van der Waals surface area contributed by atoms with Crippen molar-refractivity contribution in [2.75, 3.05) is 36.5 Å². The van der Waals surface area contributed by atoms with Crippen LogP contribution >= 0.6 is 23.8 Å². The number of piperidine rings is 1. The zero-order chi connectivity index (χ0) is 19.3. The Kier molecular flexibility index (Phi) is 5.97. The summed E-state index contributed by atoms with van der Waals surface area (Å²) in [5, 5.41) is 7.01. The molecular formula is C19H22ClN5O2S. The number of halogens is 1. The van der Waals surface area contributed by atoms with E-state index in [4.69, 9.17) is 33.3 Å². The molecule has 1 aromatic heterocycles. The van der Waals surface area contributed by atoms with Crippen molar-refractivity contribution >= 4 is 40.7 Å². The van der Waals surface area contributed by atoms with Crippen molar-refractivity contribution in [1.29, 1.82) is 0 Å². The second-order valence-electron chi connectivity index (χ2n) is 6.71. The molecule has 0 bridgehead atoms. The molecular weight excluding hydrogens is 398 g/mol. The van der Waals surface area contributed by atoms with Gasteiger partial charge < -0.3 is 25.0 Å². The summed E-state index contributed by atoms with van der Waals surface area (Å²) in [6.45, 7) is 3.66. The molecule has 148 valence electrons. The number of fused-ring (bicyclic) bond motifs is 1. The van der Waals surface area contributed by atoms with Crippen LogP contribution < -0.4 is 25.0 Å². The molecule has 0 saturated carbocycles. The van der Waals surface area contributed by atoms with Gasteiger partial charge in [0, 0.05) is 25.7 Å². The van der Waals surface area contributed by atoms with Gasteiger partial charge in [-0.2, -0.15) is 4.98 Å². The predicted octanol–water partition coefficient (Wildman–Crippen LogP) is 3.38. The molecule has 0 spiro atoms. The van der Waals surface area contributed by atoms with Gasteiger partial charge in [-0.05, 0) is 49.2 Å². The van der Waals surface area contributed by atoms with E-state index in [2.05, 4.69) is 25.5 Å². The lowest BCUT2D eigenvalue weighted by atomic mass is 10.1. The Labute approximate surface area is 174 Å². The molecule has 2 N–H and O–H groups in total. The first-order valence-electron chi connectivity index (χ1n) is 9.40. The lowest BCUT2D eigenvalue weighted by molar-refractivity contribution is 0.171. The number of rotatable bonds is 4. The summed E-state index contributed by atoms with van der Waals surface area (Å²) < 4.78 is 11.1. The molecule has 0 aliphatic carbocycles. The molecule has 2 aromatic rings.